The van der Waals surface area contributed by atoms with Crippen molar-refractivity contribution in [2.75, 3.05) is 37.8 Å². The second-order valence-corrected chi connectivity index (χ2v) is 7.09. The maximum Gasteiger partial charge on any atom is 0.227 e. The van der Waals surface area contributed by atoms with E-state index in [-0.39, 0.29) is 11.8 Å². The molecule has 0 aliphatic carbocycles. The van der Waals surface area contributed by atoms with Gasteiger partial charge in [0.1, 0.15) is 12.4 Å². The molecule has 1 aromatic heterocycles. The van der Waals surface area contributed by atoms with Crippen molar-refractivity contribution in [2.24, 2.45) is 5.92 Å². The van der Waals surface area contributed by atoms with Crippen LogP contribution in [-0.4, -0.2) is 43.8 Å². The molecule has 4 rings (SSSR count). The molecule has 1 unspecified atom stereocenters. The molecular weight excluding hydrogens is 338 g/mol. The fourth-order valence-corrected chi connectivity index (χ4v) is 3.97. The number of para-hydroxylation sites is 1. The number of anilines is 1. The van der Waals surface area contributed by atoms with E-state index in [2.05, 4.69) is 15.2 Å². The molecule has 1 N–H and O–H groups in total. The van der Waals surface area contributed by atoms with Crippen LogP contribution in [0.1, 0.15) is 11.3 Å². The molecule has 1 aromatic carbocycles. The quantitative estimate of drug-likeness (QED) is 0.903. The third-order valence-corrected chi connectivity index (χ3v) is 5.46. The summed E-state index contributed by atoms with van der Waals surface area (Å²) in [4.78, 5) is 19.3. The fourth-order valence-electron chi connectivity index (χ4n) is 3.10. The second-order valence-electron chi connectivity index (χ2n) is 6.26. The van der Waals surface area contributed by atoms with Crippen molar-refractivity contribution in [2.45, 2.75) is 13.0 Å². The third kappa shape index (κ3) is 3.77. The molecule has 2 aliphatic rings. The van der Waals surface area contributed by atoms with E-state index in [4.69, 9.17) is 9.47 Å². The highest BCUT2D eigenvalue weighted by molar-refractivity contribution is 7.13. The number of nitrogens with one attached hydrogen (secondary N) is 1. The van der Waals surface area contributed by atoms with Gasteiger partial charge in [-0.05, 0) is 18.1 Å². The first kappa shape index (κ1) is 16.4. The Labute approximate surface area is 150 Å². The van der Waals surface area contributed by atoms with E-state index in [0.717, 1.165) is 54.9 Å². The molecule has 3 heterocycles. The number of carbonyl (C=O) groups is 1. The normalized spacial score (nSPS) is 19.8. The lowest BCUT2D eigenvalue weighted by Gasteiger charge is -2.26. The topological polar surface area (TPSA) is 63.7 Å². The lowest BCUT2D eigenvalue weighted by Crippen LogP contribution is -2.37. The average Bonchev–Trinajstić information content (AvgIpc) is 3.15. The Kier molecular flexibility index (Phi) is 4.85. The minimum absolute atomic E-state index is 0.0235. The minimum atomic E-state index is -0.146. The highest BCUT2D eigenvalue weighted by Gasteiger charge is 2.25. The second kappa shape index (κ2) is 7.41. The minimum Gasteiger partial charge on any atom is -0.492 e. The summed E-state index contributed by atoms with van der Waals surface area (Å²) in [6.07, 6.45) is 0.720. The molecule has 6 nitrogen and oxygen atoms in total. The van der Waals surface area contributed by atoms with Gasteiger partial charge in [0.2, 0.25) is 5.91 Å². The molecule has 132 valence electrons. The number of benzene rings is 1. The summed E-state index contributed by atoms with van der Waals surface area (Å²) >= 11 is 1.62. The van der Waals surface area contributed by atoms with E-state index >= 15 is 0 Å². The monoisotopic (exact) mass is 359 g/mol. The van der Waals surface area contributed by atoms with Crippen LogP contribution in [0.2, 0.25) is 0 Å². The number of fused-ring (bicyclic) bond motifs is 1. The molecule has 1 saturated heterocycles. The predicted octanol–water partition coefficient (Wildman–Crippen LogP) is 1.85. The zero-order chi connectivity index (χ0) is 17.1. The van der Waals surface area contributed by atoms with Gasteiger partial charge in [-0.15, -0.1) is 11.3 Å². The highest BCUT2D eigenvalue weighted by Crippen LogP contribution is 2.27. The van der Waals surface area contributed by atoms with Crippen LogP contribution in [0, 0.1) is 5.92 Å². The average molecular weight is 359 g/mol. The molecule has 0 spiro atoms. The van der Waals surface area contributed by atoms with Gasteiger partial charge in [-0.2, -0.15) is 0 Å². The molecule has 1 atom stereocenters. The Balaban J connectivity index is 1.31. The van der Waals surface area contributed by atoms with Crippen LogP contribution < -0.4 is 15.0 Å². The zero-order valence-electron chi connectivity index (χ0n) is 13.9. The van der Waals surface area contributed by atoms with Crippen molar-refractivity contribution in [3.63, 3.8) is 0 Å². The van der Waals surface area contributed by atoms with Crippen molar-refractivity contribution in [1.29, 1.82) is 0 Å². The number of hydrogen-bond donors (Lipinski definition) is 1. The molecule has 1 amide bonds. The maximum atomic E-state index is 12.4. The number of morpholine rings is 1. The van der Waals surface area contributed by atoms with Gasteiger partial charge in [0.15, 0.2) is 5.13 Å². The fraction of sp³-hybridized carbons (Fsp3) is 0.444. The summed E-state index contributed by atoms with van der Waals surface area (Å²) in [5, 5.41) is 6.01. The summed E-state index contributed by atoms with van der Waals surface area (Å²) in [6.45, 7) is 4.12. The number of ether oxygens (including phenoxy) is 2. The first-order valence-corrected chi connectivity index (χ1v) is 9.43. The first-order chi connectivity index (χ1) is 12.3. The molecule has 0 saturated carbocycles. The van der Waals surface area contributed by atoms with Gasteiger partial charge in [-0.3, -0.25) is 4.79 Å². The van der Waals surface area contributed by atoms with Gasteiger partial charge in [0.05, 0.1) is 31.4 Å². The Morgan fingerprint density at radius 2 is 2.16 bits per heavy atom. The van der Waals surface area contributed by atoms with Gasteiger partial charge in [0.25, 0.3) is 0 Å². The van der Waals surface area contributed by atoms with Gasteiger partial charge >= 0.3 is 0 Å². The van der Waals surface area contributed by atoms with Crippen LogP contribution >= 0.6 is 11.3 Å². The predicted molar refractivity (Wildman–Crippen MR) is 96.1 cm³/mol. The summed E-state index contributed by atoms with van der Waals surface area (Å²) in [5.74, 6) is 0.767. The summed E-state index contributed by atoms with van der Waals surface area (Å²) < 4.78 is 11.1. The van der Waals surface area contributed by atoms with Crippen LogP contribution in [0.5, 0.6) is 5.75 Å². The molecule has 1 fully saturated rings. The summed E-state index contributed by atoms with van der Waals surface area (Å²) in [7, 11) is 0. The maximum absolute atomic E-state index is 12.4. The lowest BCUT2D eigenvalue weighted by molar-refractivity contribution is -0.126. The number of thiazole rings is 1. The van der Waals surface area contributed by atoms with Gasteiger partial charge in [-0.1, -0.05) is 18.2 Å². The Morgan fingerprint density at radius 1 is 1.32 bits per heavy atom. The van der Waals surface area contributed by atoms with Gasteiger partial charge < -0.3 is 19.7 Å². The van der Waals surface area contributed by atoms with Gasteiger partial charge in [-0.25, -0.2) is 4.98 Å². The van der Waals surface area contributed by atoms with Crippen molar-refractivity contribution in [3.8, 4) is 5.75 Å². The van der Waals surface area contributed by atoms with Crippen LogP contribution in [0.25, 0.3) is 0 Å². The van der Waals surface area contributed by atoms with Gasteiger partial charge in [0, 0.05) is 18.5 Å². The summed E-state index contributed by atoms with van der Waals surface area (Å²) in [6, 6.07) is 7.90. The van der Waals surface area contributed by atoms with Crippen LogP contribution in [-0.2, 0) is 22.5 Å². The van der Waals surface area contributed by atoms with Crippen LogP contribution in [0.4, 0.5) is 5.13 Å². The molecule has 0 radical (unpaired) electrons. The molecule has 25 heavy (non-hydrogen) atoms. The van der Waals surface area contributed by atoms with Crippen molar-refractivity contribution in [1.82, 2.24) is 10.3 Å². The van der Waals surface area contributed by atoms with Crippen LogP contribution in [0.3, 0.4) is 0 Å². The van der Waals surface area contributed by atoms with E-state index in [0.29, 0.717) is 13.2 Å². The number of nitrogens with zero attached hydrogens (tertiary/aromatic N) is 2. The SMILES string of the molecule is O=C(NCc1csc(N2CCOCC2)n1)C1COc2ccccc2C1. The summed E-state index contributed by atoms with van der Waals surface area (Å²) in [5.41, 5.74) is 1.99. The van der Waals surface area contributed by atoms with E-state index in [1.165, 1.54) is 0 Å². The van der Waals surface area contributed by atoms with Crippen molar-refractivity contribution in [3.05, 3.63) is 40.9 Å². The number of rotatable bonds is 4. The zero-order valence-corrected chi connectivity index (χ0v) is 14.8. The van der Waals surface area contributed by atoms with E-state index < -0.39 is 0 Å². The van der Waals surface area contributed by atoms with E-state index in [9.17, 15) is 4.79 Å². The lowest BCUT2D eigenvalue weighted by atomic mass is 9.96. The standard InChI is InChI=1S/C18H21N3O3S/c22-17(14-9-13-3-1-2-4-16(13)24-11-14)19-10-15-12-25-18(20-15)21-5-7-23-8-6-21/h1-4,12,14H,5-11H2,(H,19,22). The third-order valence-electron chi connectivity index (χ3n) is 4.51. The molecule has 0 bridgehead atoms. The Bertz CT molecular complexity index is 743. The Morgan fingerprint density at radius 3 is 3.04 bits per heavy atom. The molecule has 2 aromatic rings. The van der Waals surface area contributed by atoms with Crippen molar-refractivity contribution >= 4 is 22.4 Å². The van der Waals surface area contributed by atoms with Crippen molar-refractivity contribution < 1.29 is 14.3 Å². The largest absolute Gasteiger partial charge is 0.492 e. The number of amides is 1. The number of aromatic nitrogens is 1. The highest BCUT2D eigenvalue weighted by atomic mass is 32.1. The smallest absolute Gasteiger partial charge is 0.227 e. The van der Waals surface area contributed by atoms with E-state index in [1.54, 1.807) is 11.3 Å². The molecule has 7 heteroatoms. The van der Waals surface area contributed by atoms with E-state index in [1.807, 2.05) is 29.6 Å². The molecule has 2 aliphatic heterocycles. The number of hydrogen-bond acceptors (Lipinski definition) is 6. The first-order valence-electron chi connectivity index (χ1n) is 8.55. The van der Waals surface area contributed by atoms with Crippen LogP contribution in [0.15, 0.2) is 29.6 Å². The Hall–Kier alpha value is -2.12. The molecular formula is C18H21N3O3S. The number of carbonyl (C=O) groups excluding carboxylic acids is 1.